The van der Waals surface area contributed by atoms with E-state index in [0.717, 1.165) is 5.56 Å². The third kappa shape index (κ3) is 1.71. The second kappa shape index (κ2) is 4.80. The van der Waals surface area contributed by atoms with E-state index in [9.17, 15) is 14.7 Å². The highest BCUT2D eigenvalue weighted by Gasteiger charge is 2.72. The highest BCUT2D eigenvalue weighted by atomic mass is 16.6. The van der Waals surface area contributed by atoms with Crippen LogP contribution in [0.1, 0.15) is 44.8 Å². The van der Waals surface area contributed by atoms with Crippen LogP contribution in [0.3, 0.4) is 0 Å². The quantitative estimate of drug-likeness (QED) is 0.613. The van der Waals surface area contributed by atoms with Gasteiger partial charge in [-0.1, -0.05) is 13.8 Å². The Balaban J connectivity index is 1.61. The lowest BCUT2D eigenvalue weighted by Crippen LogP contribution is -2.72. The lowest BCUT2D eigenvalue weighted by atomic mass is 9.42. The number of furan rings is 1. The minimum atomic E-state index is -1.63. The number of esters is 2. The maximum Gasteiger partial charge on any atom is 0.343 e. The van der Waals surface area contributed by atoms with Crippen LogP contribution in [-0.2, 0) is 19.1 Å². The fourth-order valence-electron chi connectivity index (χ4n) is 6.16. The molecule has 1 N–H and O–H groups in total. The van der Waals surface area contributed by atoms with Crippen LogP contribution in [0.2, 0.25) is 0 Å². The zero-order valence-corrected chi connectivity index (χ0v) is 14.8. The van der Waals surface area contributed by atoms with Crippen molar-refractivity contribution in [1.82, 2.24) is 0 Å². The average molecular weight is 358 g/mol. The molecule has 0 aromatic carbocycles. The number of cyclic esters (lactones) is 1. The summed E-state index contributed by atoms with van der Waals surface area (Å²) in [5.74, 6) is -1.20. The number of rotatable bonds is 1. The molecule has 6 heteroatoms. The van der Waals surface area contributed by atoms with Crippen LogP contribution in [0.15, 0.2) is 35.2 Å². The summed E-state index contributed by atoms with van der Waals surface area (Å²) in [4.78, 5) is 25.2. The van der Waals surface area contributed by atoms with Gasteiger partial charge in [0, 0.05) is 16.9 Å². The summed E-state index contributed by atoms with van der Waals surface area (Å²) >= 11 is 0. The van der Waals surface area contributed by atoms with Gasteiger partial charge in [-0.25, -0.2) is 4.79 Å². The molecule has 1 saturated carbocycles. The van der Waals surface area contributed by atoms with Crippen LogP contribution in [0.4, 0.5) is 0 Å². The highest BCUT2D eigenvalue weighted by molar-refractivity contribution is 5.86. The van der Waals surface area contributed by atoms with E-state index in [1.807, 2.05) is 13.0 Å². The van der Waals surface area contributed by atoms with Crippen LogP contribution in [-0.4, -0.2) is 28.8 Å². The Kier molecular flexibility index (Phi) is 2.97. The number of hydrogen-bond acceptors (Lipinski definition) is 6. The Morgan fingerprint density at radius 3 is 2.73 bits per heavy atom. The molecule has 2 aliphatic carbocycles. The van der Waals surface area contributed by atoms with Crippen molar-refractivity contribution in [2.24, 2.45) is 22.7 Å². The second-order valence-corrected chi connectivity index (χ2v) is 8.67. The lowest BCUT2D eigenvalue weighted by molar-refractivity contribution is -0.259. The Morgan fingerprint density at radius 1 is 1.23 bits per heavy atom. The molecule has 0 radical (unpaired) electrons. The normalized spacial score (nSPS) is 49.2. The fraction of sp³-hybridized carbons (Fsp3) is 0.600. The number of ether oxygens (including phenoxy) is 2. The van der Waals surface area contributed by atoms with E-state index in [-0.39, 0.29) is 23.9 Å². The first-order valence-electron chi connectivity index (χ1n) is 9.15. The van der Waals surface area contributed by atoms with E-state index in [4.69, 9.17) is 13.9 Å². The van der Waals surface area contributed by atoms with E-state index in [1.54, 1.807) is 24.7 Å². The molecule has 2 saturated heterocycles. The second-order valence-electron chi connectivity index (χ2n) is 8.67. The maximum atomic E-state index is 12.8. The molecular formula is C20H22O6. The van der Waals surface area contributed by atoms with E-state index in [0.29, 0.717) is 19.3 Å². The van der Waals surface area contributed by atoms with Crippen LogP contribution in [0.5, 0.6) is 0 Å². The monoisotopic (exact) mass is 358 g/mol. The largest absolute Gasteiger partial charge is 0.472 e. The molecule has 138 valence electrons. The van der Waals surface area contributed by atoms with Gasteiger partial charge >= 0.3 is 11.9 Å². The molecule has 1 unspecified atom stereocenters. The third-order valence-electron chi connectivity index (χ3n) is 7.51. The van der Waals surface area contributed by atoms with Crippen LogP contribution >= 0.6 is 0 Å². The number of hydrogen-bond donors (Lipinski definition) is 1. The number of carbonyl (C=O) groups is 2. The molecule has 6 nitrogen and oxygen atoms in total. The Hall–Kier alpha value is -2.08. The molecule has 3 fully saturated rings. The summed E-state index contributed by atoms with van der Waals surface area (Å²) in [5, 5.41) is 11.2. The SMILES string of the molecule is C[C@@]12CC(c3ccoc3)OC(=O)[C@@H]1CC[C@]1(C)[C@@H]2[C@H]2C=C[C@]1(O)C(=O)O2. The summed E-state index contributed by atoms with van der Waals surface area (Å²) in [6.07, 6.45) is 7.52. The molecule has 4 heterocycles. The molecule has 0 amide bonds. The van der Waals surface area contributed by atoms with Crippen LogP contribution in [0.25, 0.3) is 0 Å². The Labute approximate surface area is 151 Å². The maximum absolute atomic E-state index is 12.8. The molecule has 1 aromatic heterocycles. The smallest absolute Gasteiger partial charge is 0.343 e. The first kappa shape index (κ1) is 16.1. The molecule has 3 aliphatic heterocycles. The van der Waals surface area contributed by atoms with Crippen molar-refractivity contribution in [3.8, 4) is 0 Å². The minimum Gasteiger partial charge on any atom is -0.472 e. The summed E-state index contributed by atoms with van der Waals surface area (Å²) in [7, 11) is 0. The minimum absolute atomic E-state index is 0.149. The van der Waals surface area contributed by atoms with E-state index in [2.05, 4.69) is 6.92 Å². The standard InChI is InChI=1S/C20H22O6/c1-18-9-14(11-5-8-24-10-11)25-16(21)12(18)3-6-19(2)15(18)13-4-7-20(19,23)17(22)26-13/h4-5,7-8,10,12-15,23H,3,6,9H2,1-2H3/t12-,13+,14?,15+,18+,19+,20-/m0/s1. The van der Waals surface area contributed by atoms with Gasteiger partial charge in [0.05, 0.1) is 18.4 Å². The van der Waals surface area contributed by atoms with Crippen molar-refractivity contribution in [3.63, 3.8) is 0 Å². The molecule has 7 atom stereocenters. The van der Waals surface area contributed by atoms with Crippen LogP contribution < -0.4 is 0 Å². The highest BCUT2D eigenvalue weighted by Crippen LogP contribution is 2.67. The molecule has 1 aromatic rings. The van der Waals surface area contributed by atoms with Crippen molar-refractivity contribution < 1.29 is 28.6 Å². The molecular weight excluding hydrogens is 336 g/mol. The number of fused-ring (bicyclic) bond motifs is 2. The molecule has 5 aliphatic rings. The van der Waals surface area contributed by atoms with Gasteiger partial charge in [0.15, 0.2) is 5.60 Å². The molecule has 6 rings (SSSR count). The summed E-state index contributed by atoms with van der Waals surface area (Å²) in [5.41, 5.74) is -1.91. The number of aliphatic hydroxyl groups is 1. The van der Waals surface area contributed by atoms with E-state index in [1.165, 1.54) is 0 Å². The van der Waals surface area contributed by atoms with E-state index < -0.39 is 28.5 Å². The van der Waals surface area contributed by atoms with Gasteiger partial charge in [0.25, 0.3) is 0 Å². The van der Waals surface area contributed by atoms with Gasteiger partial charge in [0.1, 0.15) is 12.2 Å². The first-order valence-corrected chi connectivity index (χ1v) is 9.15. The number of carbonyl (C=O) groups excluding carboxylic acids is 2. The third-order valence-corrected chi connectivity index (χ3v) is 7.51. The van der Waals surface area contributed by atoms with Gasteiger partial charge in [-0.3, -0.25) is 4.79 Å². The summed E-state index contributed by atoms with van der Waals surface area (Å²) < 4.78 is 16.4. The zero-order chi connectivity index (χ0) is 18.3. The van der Waals surface area contributed by atoms with Crippen molar-refractivity contribution >= 4 is 11.9 Å². The fourth-order valence-corrected chi connectivity index (χ4v) is 6.16. The molecule has 0 spiro atoms. The van der Waals surface area contributed by atoms with Gasteiger partial charge in [-0.05, 0) is 42.9 Å². The molecule has 2 bridgehead atoms. The zero-order valence-electron chi connectivity index (χ0n) is 14.8. The van der Waals surface area contributed by atoms with Crippen molar-refractivity contribution in [1.29, 1.82) is 0 Å². The summed E-state index contributed by atoms with van der Waals surface area (Å²) in [6.45, 7) is 4.04. The topological polar surface area (TPSA) is 86.0 Å². The average Bonchev–Trinajstić information content (AvgIpc) is 3.10. The van der Waals surface area contributed by atoms with E-state index >= 15 is 0 Å². The van der Waals surface area contributed by atoms with Crippen LogP contribution in [0, 0.1) is 22.7 Å². The first-order chi connectivity index (χ1) is 12.3. The molecule has 26 heavy (non-hydrogen) atoms. The van der Waals surface area contributed by atoms with Crippen molar-refractivity contribution in [2.75, 3.05) is 0 Å². The van der Waals surface area contributed by atoms with Crippen molar-refractivity contribution in [2.45, 2.75) is 50.9 Å². The van der Waals surface area contributed by atoms with Gasteiger partial charge in [0.2, 0.25) is 0 Å². The Morgan fingerprint density at radius 2 is 2.04 bits per heavy atom. The Bertz CT molecular complexity index is 812. The van der Waals surface area contributed by atoms with Gasteiger partial charge in [-0.15, -0.1) is 0 Å². The lowest BCUT2D eigenvalue weighted by Gasteiger charge is -2.65. The summed E-state index contributed by atoms with van der Waals surface area (Å²) in [6, 6.07) is 1.81. The predicted octanol–water partition coefficient (Wildman–Crippen LogP) is 2.53. The van der Waals surface area contributed by atoms with Gasteiger partial charge < -0.3 is 19.0 Å². The van der Waals surface area contributed by atoms with Gasteiger partial charge in [-0.2, -0.15) is 0 Å². The predicted molar refractivity (Wildman–Crippen MR) is 88.6 cm³/mol. The van der Waals surface area contributed by atoms with Crippen molar-refractivity contribution in [3.05, 3.63) is 36.3 Å².